The molecule has 1 fully saturated rings. The highest BCUT2D eigenvalue weighted by molar-refractivity contribution is 5.96. The Morgan fingerprint density at radius 3 is 2.62 bits per heavy atom. The Morgan fingerprint density at radius 1 is 1.03 bits per heavy atom. The maximum atomic E-state index is 12.9. The maximum absolute atomic E-state index is 12.9. The Bertz CT molecular complexity index is 1310. The summed E-state index contributed by atoms with van der Waals surface area (Å²) >= 11 is 0. The van der Waals surface area contributed by atoms with Crippen LogP contribution in [0.15, 0.2) is 72.8 Å². The number of carbonyl (C=O) groups excluding carboxylic acids is 1. The molecule has 174 valence electrons. The predicted octanol–water partition coefficient (Wildman–Crippen LogP) is 4.61. The van der Waals surface area contributed by atoms with Crippen LogP contribution in [-0.2, 0) is 11.3 Å². The van der Waals surface area contributed by atoms with E-state index in [9.17, 15) is 9.90 Å². The van der Waals surface area contributed by atoms with Crippen molar-refractivity contribution in [2.24, 2.45) is 0 Å². The highest BCUT2D eigenvalue weighted by Gasteiger charge is 2.35. The summed E-state index contributed by atoms with van der Waals surface area (Å²) < 4.78 is 7.86. The van der Waals surface area contributed by atoms with E-state index in [2.05, 4.69) is 4.57 Å². The molecular weight excluding hydrogens is 426 g/mol. The molecule has 1 N–H and O–H groups in total. The summed E-state index contributed by atoms with van der Waals surface area (Å²) in [7, 11) is 0. The van der Waals surface area contributed by atoms with Gasteiger partial charge in [0.25, 0.3) is 0 Å². The number of aliphatic hydroxyl groups excluding tert-OH is 1. The van der Waals surface area contributed by atoms with Crippen molar-refractivity contribution < 1.29 is 14.6 Å². The van der Waals surface area contributed by atoms with Crippen molar-refractivity contribution in [3.8, 4) is 5.75 Å². The van der Waals surface area contributed by atoms with Crippen LogP contribution < -0.4 is 9.64 Å². The number of amides is 1. The highest BCUT2D eigenvalue weighted by Crippen LogP contribution is 2.33. The third-order valence-electron chi connectivity index (χ3n) is 6.34. The van der Waals surface area contributed by atoms with Gasteiger partial charge in [0.15, 0.2) is 0 Å². The lowest BCUT2D eigenvalue weighted by Crippen LogP contribution is -2.26. The Balaban J connectivity index is 1.38. The highest BCUT2D eigenvalue weighted by atomic mass is 16.5. The fourth-order valence-electron chi connectivity index (χ4n) is 4.61. The molecule has 4 aromatic rings. The van der Waals surface area contributed by atoms with Gasteiger partial charge in [-0.1, -0.05) is 42.0 Å². The fourth-order valence-corrected chi connectivity index (χ4v) is 4.61. The van der Waals surface area contributed by atoms with E-state index in [1.165, 1.54) is 0 Å². The molecule has 0 bridgehead atoms. The normalized spacial score (nSPS) is 16.9. The van der Waals surface area contributed by atoms with Gasteiger partial charge in [0.05, 0.1) is 17.6 Å². The lowest BCUT2D eigenvalue weighted by Gasteiger charge is -2.19. The van der Waals surface area contributed by atoms with Crippen LogP contribution in [0.25, 0.3) is 11.0 Å². The van der Waals surface area contributed by atoms with Crippen LogP contribution in [0.2, 0.25) is 0 Å². The number of anilines is 1. The van der Waals surface area contributed by atoms with Gasteiger partial charge in [-0.15, -0.1) is 0 Å². The summed E-state index contributed by atoms with van der Waals surface area (Å²) in [6.45, 7) is 5.14. The molecule has 2 atom stereocenters. The number of aliphatic hydroxyl groups is 1. The minimum Gasteiger partial charge on any atom is -0.491 e. The zero-order valence-corrected chi connectivity index (χ0v) is 19.5. The van der Waals surface area contributed by atoms with Crippen LogP contribution >= 0.6 is 0 Å². The van der Waals surface area contributed by atoms with Gasteiger partial charge in [-0.05, 0) is 55.8 Å². The molecule has 0 radical (unpaired) electrons. The van der Waals surface area contributed by atoms with Gasteiger partial charge in [0, 0.05) is 24.6 Å². The second kappa shape index (κ2) is 9.31. The smallest absolute Gasteiger partial charge is 0.227 e. The van der Waals surface area contributed by atoms with E-state index in [4.69, 9.17) is 9.72 Å². The number of benzene rings is 3. The first-order valence-electron chi connectivity index (χ1n) is 11.7. The fraction of sp³-hybridized carbons (Fsp3) is 0.286. The van der Waals surface area contributed by atoms with E-state index in [1.54, 1.807) is 0 Å². The molecule has 3 aromatic carbocycles. The summed E-state index contributed by atoms with van der Waals surface area (Å²) in [5.74, 6) is 1.61. The zero-order valence-electron chi connectivity index (χ0n) is 19.5. The second-order valence-electron chi connectivity index (χ2n) is 9.09. The summed E-state index contributed by atoms with van der Waals surface area (Å²) in [5, 5.41) is 10.8. The van der Waals surface area contributed by atoms with Crippen LogP contribution in [0.4, 0.5) is 5.69 Å². The molecule has 1 amide bonds. The van der Waals surface area contributed by atoms with Crippen molar-refractivity contribution in [3.05, 3.63) is 89.7 Å². The zero-order chi connectivity index (χ0) is 23.7. The van der Waals surface area contributed by atoms with E-state index in [0.29, 0.717) is 19.5 Å². The molecule has 34 heavy (non-hydrogen) atoms. The van der Waals surface area contributed by atoms with Crippen LogP contribution in [0.1, 0.15) is 29.3 Å². The van der Waals surface area contributed by atoms with E-state index in [1.807, 2.05) is 91.5 Å². The first-order chi connectivity index (χ1) is 16.5. The molecule has 6 nitrogen and oxygen atoms in total. The lowest BCUT2D eigenvalue weighted by molar-refractivity contribution is -0.117. The quantitative estimate of drug-likeness (QED) is 0.442. The van der Waals surface area contributed by atoms with Crippen molar-refractivity contribution in [2.75, 3.05) is 18.1 Å². The summed E-state index contributed by atoms with van der Waals surface area (Å²) in [5.41, 5.74) is 5.02. The summed E-state index contributed by atoms with van der Waals surface area (Å²) in [6, 6.07) is 23.7. The van der Waals surface area contributed by atoms with Gasteiger partial charge >= 0.3 is 0 Å². The van der Waals surface area contributed by atoms with Gasteiger partial charge < -0.3 is 19.3 Å². The lowest BCUT2D eigenvalue weighted by atomic mass is 10.1. The number of imidazole rings is 1. The van der Waals surface area contributed by atoms with Crippen molar-refractivity contribution in [3.63, 3.8) is 0 Å². The molecule has 1 saturated heterocycles. The van der Waals surface area contributed by atoms with Gasteiger partial charge in [0.1, 0.15) is 24.3 Å². The molecular formula is C28H29N3O3. The minimum atomic E-state index is -0.720. The number of fused-ring (bicyclic) bond motifs is 1. The Labute approximate surface area is 199 Å². The standard InChI is InChI=1S/C28H29N3O3/c1-19-10-12-24(13-11-19)34-18-23(32)17-31-26-9-4-3-8-25(26)29-28(31)21-15-27(33)30(16-21)22-7-5-6-20(2)14-22/h3-14,21,23,32H,15-18H2,1-2H3/t21-,23+/m0/s1. The molecule has 0 spiro atoms. The van der Waals surface area contributed by atoms with Crippen molar-refractivity contribution in [2.45, 2.75) is 38.8 Å². The average Bonchev–Trinajstić information content (AvgIpc) is 3.39. The van der Waals surface area contributed by atoms with Crippen molar-refractivity contribution in [1.82, 2.24) is 9.55 Å². The van der Waals surface area contributed by atoms with E-state index < -0.39 is 6.10 Å². The average molecular weight is 456 g/mol. The van der Waals surface area contributed by atoms with Crippen molar-refractivity contribution in [1.29, 1.82) is 0 Å². The van der Waals surface area contributed by atoms with Gasteiger partial charge in [-0.2, -0.15) is 0 Å². The third-order valence-corrected chi connectivity index (χ3v) is 6.34. The number of rotatable bonds is 7. The number of hydrogen-bond donors (Lipinski definition) is 1. The Hall–Kier alpha value is -3.64. The summed E-state index contributed by atoms with van der Waals surface area (Å²) in [4.78, 5) is 19.7. The first kappa shape index (κ1) is 22.2. The minimum absolute atomic E-state index is 0.0503. The number of para-hydroxylation sites is 2. The van der Waals surface area contributed by atoms with Gasteiger partial charge in [0.2, 0.25) is 5.91 Å². The van der Waals surface area contributed by atoms with E-state index in [-0.39, 0.29) is 18.4 Å². The number of carbonyl (C=O) groups is 1. The molecule has 1 aromatic heterocycles. The second-order valence-corrected chi connectivity index (χ2v) is 9.09. The topological polar surface area (TPSA) is 67.6 Å². The summed E-state index contributed by atoms with van der Waals surface area (Å²) in [6.07, 6.45) is -0.324. The van der Waals surface area contributed by atoms with Crippen LogP contribution in [0.5, 0.6) is 5.75 Å². The molecule has 0 saturated carbocycles. The molecule has 6 heteroatoms. The van der Waals surface area contributed by atoms with Crippen LogP contribution in [0.3, 0.4) is 0 Å². The SMILES string of the molecule is Cc1ccc(OC[C@H](O)Cn2c([C@H]3CC(=O)N(c4cccc(C)c4)C3)nc3ccccc32)cc1. The van der Waals surface area contributed by atoms with E-state index >= 15 is 0 Å². The number of nitrogens with zero attached hydrogens (tertiary/aromatic N) is 3. The number of hydrogen-bond acceptors (Lipinski definition) is 4. The number of aromatic nitrogens is 2. The third kappa shape index (κ3) is 4.54. The van der Waals surface area contributed by atoms with Gasteiger partial charge in [-0.25, -0.2) is 4.98 Å². The molecule has 1 aliphatic heterocycles. The predicted molar refractivity (Wildman–Crippen MR) is 133 cm³/mol. The monoisotopic (exact) mass is 455 g/mol. The van der Waals surface area contributed by atoms with Crippen LogP contribution in [-0.4, -0.2) is 39.8 Å². The largest absolute Gasteiger partial charge is 0.491 e. The molecule has 2 heterocycles. The molecule has 5 rings (SSSR count). The number of aryl methyl sites for hydroxylation is 2. The van der Waals surface area contributed by atoms with Gasteiger partial charge in [-0.3, -0.25) is 4.79 Å². The molecule has 1 aliphatic rings. The van der Waals surface area contributed by atoms with Crippen molar-refractivity contribution >= 4 is 22.6 Å². The Morgan fingerprint density at radius 2 is 1.82 bits per heavy atom. The van der Waals surface area contributed by atoms with Crippen LogP contribution in [0, 0.1) is 13.8 Å². The molecule has 0 unspecified atom stereocenters. The maximum Gasteiger partial charge on any atom is 0.227 e. The van der Waals surface area contributed by atoms with E-state index in [0.717, 1.165) is 39.4 Å². The first-order valence-corrected chi connectivity index (χ1v) is 11.7. The molecule has 0 aliphatic carbocycles. The Kier molecular flexibility index (Phi) is 6.07. The number of ether oxygens (including phenoxy) is 1.